The molecule has 0 bridgehead atoms. The van der Waals surface area contributed by atoms with Crippen LogP contribution in [0.5, 0.6) is 0 Å². The standard InChI is InChI=1S/C36H40N6O2/c1-26(21-29-23-41-34-13-3-2-11-32(29)34)42-36(44)33(12-8-18-37-24-30-9-4-6-19-39-30)35(43)28-16-14-27(15-17-28)22-38-25-31-10-5-7-20-40-31/h2-7,9-11,13-17,19-20,23,26,33,37-38,41H,8,12,18,21-22,24-25H2,1H3,(H,42,44)/t26?,33-/m0/s1. The zero-order valence-electron chi connectivity index (χ0n) is 25.1. The van der Waals surface area contributed by atoms with E-state index in [2.05, 4.69) is 37.0 Å². The Hall–Kier alpha value is -4.66. The third-order valence-electron chi connectivity index (χ3n) is 7.70. The Morgan fingerprint density at radius 1 is 0.795 bits per heavy atom. The van der Waals surface area contributed by atoms with Crippen molar-refractivity contribution in [3.05, 3.63) is 132 Å². The number of H-pyrrole nitrogens is 1. The molecule has 0 aliphatic heterocycles. The van der Waals surface area contributed by atoms with Gasteiger partial charge in [0, 0.05) is 60.7 Å². The van der Waals surface area contributed by atoms with Gasteiger partial charge in [-0.1, -0.05) is 54.6 Å². The summed E-state index contributed by atoms with van der Waals surface area (Å²) in [5.74, 6) is -1.15. The van der Waals surface area contributed by atoms with Crippen molar-refractivity contribution >= 4 is 22.6 Å². The predicted molar refractivity (Wildman–Crippen MR) is 174 cm³/mol. The number of para-hydroxylation sites is 1. The van der Waals surface area contributed by atoms with E-state index >= 15 is 0 Å². The number of rotatable bonds is 16. The first-order chi connectivity index (χ1) is 21.6. The van der Waals surface area contributed by atoms with Crippen molar-refractivity contribution in [3.8, 4) is 0 Å². The molecule has 8 nitrogen and oxygen atoms in total. The van der Waals surface area contributed by atoms with Gasteiger partial charge in [-0.3, -0.25) is 19.6 Å². The van der Waals surface area contributed by atoms with Gasteiger partial charge in [-0.2, -0.15) is 0 Å². The van der Waals surface area contributed by atoms with Crippen LogP contribution in [0.1, 0.15) is 52.6 Å². The number of aromatic nitrogens is 3. The molecule has 0 aliphatic carbocycles. The molecule has 3 heterocycles. The summed E-state index contributed by atoms with van der Waals surface area (Å²) in [6, 6.07) is 27.2. The van der Waals surface area contributed by atoms with Crippen molar-refractivity contribution in [3.63, 3.8) is 0 Å². The fourth-order valence-electron chi connectivity index (χ4n) is 5.38. The Labute approximate surface area is 258 Å². The number of amides is 1. The van der Waals surface area contributed by atoms with Crippen molar-refractivity contribution in [2.24, 2.45) is 5.92 Å². The second-order valence-electron chi connectivity index (χ2n) is 11.2. The Morgan fingerprint density at radius 2 is 1.48 bits per heavy atom. The predicted octanol–water partition coefficient (Wildman–Crippen LogP) is 5.36. The summed E-state index contributed by atoms with van der Waals surface area (Å²) in [5.41, 5.74) is 5.75. The molecule has 226 valence electrons. The first kappa shape index (κ1) is 30.8. The van der Waals surface area contributed by atoms with Gasteiger partial charge in [0.2, 0.25) is 5.91 Å². The quantitative estimate of drug-likeness (QED) is 0.0701. The smallest absolute Gasteiger partial charge is 0.231 e. The average molecular weight is 589 g/mol. The van der Waals surface area contributed by atoms with E-state index in [4.69, 9.17) is 0 Å². The Bertz CT molecular complexity index is 1620. The number of fused-ring (bicyclic) bond motifs is 1. The lowest BCUT2D eigenvalue weighted by molar-refractivity contribution is -0.124. The van der Waals surface area contributed by atoms with Crippen LogP contribution in [0.2, 0.25) is 0 Å². The summed E-state index contributed by atoms with van der Waals surface area (Å²) in [5, 5.41) is 11.0. The van der Waals surface area contributed by atoms with Crippen LogP contribution in [0.15, 0.2) is 104 Å². The van der Waals surface area contributed by atoms with Crippen LogP contribution in [0, 0.1) is 5.92 Å². The van der Waals surface area contributed by atoms with Crippen LogP contribution in [0.4, 0.5) is 0 Å². The monoisotopic (exact) mass is 588 g/mol. The molecule has 0 saturated carbocycles. The summed E-state index contributed by atoms with van der Waals surface area (Å²) in [4.78, 5) is 39.3. The second-order valence-corrected chi connectivity index (χ2v) is 11.2. The normalized spacial score (nSPS) is 12.6. The number of benzene rings is 2. The number of hydrogen-bond donors (Lipinski definition) is 4. The van der Waals surface area contributed by atoms with Gasteiger partial charge >= 0.3 is 0 Å². The van der Waals surface area contributed by atoms with Crippen molar-refractivity contribution < 1.29 is 9.59 Å². The molecule has 1 amide bonds. The molecule has 0 radical (unpaired) electrons. The molecule has 5 aromatic rings. The highest BCUT2D eigenvalue weighted by atomic mass is 16.2. The van der Waals surface area contributed by atoms with Gasteiger partial charge in [-0.05, 0) is 74.2 Å². The van der Waals surface area contributed by atoms with Gasteiger partial charge in [0.05, 0.1) is 11.4 Å². The van der Waals surface area contributed by atoms with Gasteiger partial charge < -0.3 is 20.9 Å². The van der Waals surface area contributed by atoms with E-state index < -0.39 is 5.92 Å². The first-order valence-corrected chi connectivity index (χ1v) is 15.3. The molecule has 5 rings (SSSR count). The number of aromatic amines is 1. The Morgan fingerprint density at radius 3 is 2.18 bits per heavy atom. The SMILES string of the molecule is CC(Cc1c[nH]c2ccccc12)NC(=O)[C@@H](CCCNCc1ccccn1)C(=O)c1ccc(CNCc2ccccn2)cc1. The molecule has 3 aromatic heterocycles. The summed E-state index contributed by atoms with van der Waals surface area (Å²) in [7, 11) is 0. The summed E-state index contributed by atoms with van der Waals surface area (Å²) >= 11 is 0. The zero-order valence-corrected chi connectivity index (χ0v) is 25.1. The van der Waals surface area contributed by atoms with E-state index in [-0.39, 0.29) is 17.7 Å². The molecular formula is C36H40N6O2. The molecule has 0 fully saturated rings. The van der Waals surface area contributed by atoms with E-state index in [1.807, 2.05) is 92.0 Å². The van der Waals surface area contributed by atoms with Gasteiger partial charge in [0.1, 0.15) is 5.92 Å². The molecule has 8 heteroatoms. The van der Waals surface area contributed by atoms with Gasteiger partial charge in [-0.25, -0.2) is 0 Å². The van der Waals surface area contributed by atoms with E-state index in [1.54, 1.807) is 12.4 Å². The summed E-state index contributed by atoms with van der Waals surface area (Å²) < 4.78 is 0. The van der Waals surface area contributed by atoms with Crippen LogP contribution >= 0.6 is 0 Å². The lowest BCUT2D eigenvalue weighted by Crippen LogP contribution is -2.41. The van der Waals surface area contributed by atoms with Crippen LogP contribution in [-0.4, -0.2) is 39.2 Å². The van der Waals surface area contributed by atoms with Crippen molar-refractivity contribution in [2.45, 2.75) is 51.9 Å². The fourth-order valence-corrected chi connectivity index (χ4v) is 5.38. The second kappa shape index (κ2) is 15.7. The maximum atomic E-state index is 13.7. The molecule has 2 atom stereocenters. The Kier molecular flexibility index (Phi) is 11.0. The van der Waals surface area contributed by atoms with E-state index in [0.29, 0.717) is 51.0 Å². The molecule has 44 heavy (non-hydrogen) atoms. The molecule has 0 spiro atoms. The van der Waals surface area contributed by atoms with Gasteiger partial charge in [0.25, 0.3) is 0 Å². The number of nitrogens with one attached hydrogen (secondary N) is 4. The van der Waals surface area contributed by atoms with Crippen molar-refractivity contribution in [1.82, 2.24) is 30.9 Å². The van der Waals surface area contributed by atoms with E-state index in [1.165, 1.54) is 0 Å². The third-order valence-corrected chi connectivity index (χ3v) is 7.70. The molecule has 0 saturated heterocycles. The highest BCUT2D eigenvalue weighted by Crippen LogP contribution is 2.20. The molecule has 0 aliphatic rings. The topological polar surface area (TPSA) is 112 Å². The van der Waals surface area contributed by atoms with Crippen LogP contribution in [0.3, 0.4) is 0 Å². The number of carbonyl (C=O) groups excluding carboxylic acids is 2. The zero-order chi connectivity index (χ0) is 30.6. The van der Waals surface area contributed by atoms with Crippen molar-refractivity contribution in [2.75, 3.05) is 6.54 Å². The molecule has 4 N–H and O–H groups in total. The van der Waals surface area contributed by atoms with Gasteiger partial charge in [-0.15, -0.1) is 0 Å². The highest BCUT2D eigenvalue weighted by Gasteiger charge is 2.28. The lowest BCUT2D eigenvalue weighted by Gasteiger charge is -2.20. The lowest BCUT2D eigenvalue weighted by atomic mass is 9.91. The minimum atomic E-state index is -0.773. The summed E-state index contributed by atoms with van der Waals surface area (Å²) in [6.07, 6.45) is 7.35. The average Bonchev–Trinajstić information content (AvgIpc) is 3.46. The maximum Gasteiger partial charge on any atom is 0.231 e. The maximum absolute atomic E-state index is 13.7. The van der Waals surface area contributed by atoms with E-state index in [0.717, 1.165) is 33.4 Å². The summed E-state index contributed by atoms with van der Waals surface area (Å²) in [6.45, 7) is 4.63. The largest absolute Gasteiger partial charge is 0.361 e. The molecular weight excluding hydrogens is 548 g/mol. The van der Waals surface area contributed by atoms with Crippen LogP contribution in [0.25, 0.3) is 10.9 Å². The van der Waals surface area contributed by atoms with E-state index in [9.17, 15) is 9.59 Å². The Balaban J connectivity index is 1.20. The first-order valence-electron chi connectivity index (χ1n) is 15.3. The number of nitrogens with zero attached hydrogens (tertiary/aromatic N) is 2. The number of Topliss-reactive ketones (excluding diaryl/α,β-unsaturated/α-hetero) is 1. The van der Waals surface area contributed by atoms with Gasteiger partial charge in [0.15, 0.2) is 5.78 Å². The number of carbonyl (C=O) groups is 2. The van der Waals surface area contributed by atoms with Crippen LogP contribution in [-0.2, 0) is 30.8 Å². The number of pyridine rings is 2. The highest BCUT2D eigenvalue weighted by molar-refractivity contribution is 6.10. The minimum absolute atomic E-state index is 0.133. The minimum Gasteiger partial charge on any atom is -0.361 e. The number of hydrogen-bond acceptors (Lipinski definition) is 6. The number of ketones is 1. The van der Waals surface area contributed by atoms with Crippen LogP contribution < -0.4 is 16.0 Å². The third kappa shape index (κ3) is 8.69. The fraction of sp³-hybridized carbons (Fsp3) is 0.278. The molecule has 2 aromatic carbocycles. The van der Waals surface area contributed by atoms with Crippen molar-refractivity contribution in [1.29, 1.82) is 0 Å². The molecule has 1 unspecified atom stereocenters.